The van der Waals surface area contributed by atoms with E-state index in [0.717, 1.165) is 13.1 Å². The topological polar surface area (TPSA) is 44.4 Å². The Bertz CT molecular complexity index is 230. The lowest BCUT2D eigenvalue weighted by Crippen LogP contribution is -2.53. The second kappa shape index (κ2) is 6.21. The molecule has 1 aliphatic rings. The van der Waals surface area contributed by atoms with E-state index < -0.39 is 0 Å². The second-order valence-corrected chi connectivity index (χ2v) is 4.96. The van der Waals surface area contributed by atoms with Crippen molar-refractivity contribution < 1.29 is 4.79 Å². The van der Waals surface area contributed by atoms with Crippen LogP contribution in [0.3, 0.4) is 0 Å². The van der Waals surface area contributed by atoms with Crippen molar-refractivity contribution in [3.05, 3.63) is 0 Å². The molecule has 2 N–H and O–H groups in total. The number of carbonyl (C=O) groups excluding carboxylic acids is 1. The number of likely N-dealkylation sites (N-methyl/N-ethyl adjacent to an activating group) is 1. The normalized spacial score (nSPS) is 24.4. The lowest BCUT2D eigenvalue weighted by Gasteiger charge is -2.36. The summed E-state index contributed by atoms with van der Waals surface area (Å²) in [6, 6.07) is 0.737. The molecule has 1 heterocycles. The number of nitrogens with one attached hydrogen (secondary N) is 2. The average molecular weight is 227 g/mol. The maximum absolute atomic E-state index is 11.9. The molecule has 0 aromatic rings. The number of hydrogen-bond acceptors (Lipinski definition) is 3. The van der Waals surface area contributed by atoms with Gasteiger partial charge in [-0.3, -0.25) is 9.69 Å². The molecule has 1 aliphatic heterocycles. The Morgan fingerprint density at radius 1 is 1.38 bits per heavy atom. The van der Waals surface area contributed by atoms with Crippen LogP contribution in [0.25, 0.3) is 0 Å². The van der Waals surface area contributed by atoms with Gasteiger partial charge in [0.05, 0.1) is 6.04 Å². The van der Waals surface area contributed by atoms with Crippen molar-refractivity contribution in [2.75, 3.05) is 20.1 Å². The summed E-state index contributed by atoms with van der Waals surface area (Å²) in [6.45, 7) is 8.00. The van der Waals surface area contributed by atoms with Crippen LogP contribution >= 0.6 is 0 Å². The SMILES string of the molecule is CNC1CCCN(C(C)C(=O)NC(C)C)C1. The van der Waals surface area contributed by atoms with Gasteiger partial charge in [-0.2, -0.15) is 0 Å². The Labute approximate surface area is 98.8 Å². The van der Waals surface area contributed by atoms with Gasteiger partial charge in [0.25, 0.3) is 0 Å². The van der Waals surface area contributed by atoms with Crippen molar-refractivity contribution in [2.45, 2.75) is 51.7 Å². The van der Waals surface area contributed by atoms with Crippen LogP contribution in [0.1, 0.15) is 33.6 Å². The monoisotopic (exact) mass is 227 g/mol. The third-order valence-electron chi connectivity index (χ3n) is 3.22. The smallest absolute Gasteiger partial charge is 0.237 e. The highest BCUT2D eigenvalue weighted by atomic mass is 16.2. The van der Waals surface area contributed by atoms with E-state index in [1.807, 2.05) is 27.8 Å². The number of piperidine rings is 1. The quantitative estimate of drug-likeness (QED) is 0.738. The largest absolute Gasteiger partial charge is 0.353 e. The van der Waals surface area contributed by atoms with Crippen LogP contribution < -0.4 is 10.6 Å². The average Bonchev–Trinajstić information content (AvgIpc) is 2.27. The Morgan fingerprint density at radius 2 is 2.06 bits per heavy atom. The Morgan fingerprint density at radius 3 is 2.62 bits per heavy atom. The molecule has 0 bridgehead atoms. The lowest BCUT2D eigenvalue weighted by molar-refractivity contribution is -0.126. The summed E-state index contributed by atoms with van der Waals surface area (Å²) in [5.74, 6) is 0.145. The molecular weight excluding hydrogens is 202 g/mol. The summed E-state index contributed by atoms with van der Waals surface area (Å²) < 4.78 is 0. The van der Waals surface area contributed by atoms with Crippen LogP contribution in [0.4, 0.5) is 0 Å². The summed E-state index contributed by atoms with van der Waals surface area (Å²) in [7, 11) is 1.99. The van der Waals surface area contributed by atoms with E-state index in [1.54, 1.807) is 0 Å². The van der Waals surface area contributed by atoms with Gasteiger partial charge in [-0.05, 0) is 47.2 Å². The molecule has 0 aromatic carbocycles. The number of rotatable bonds is 4. The van der Waals surface area contributed by atoms with Gasteiger partial charge in [0.2, 0.25) is 5.91 Å². The number of likely N-dealkylation sites (tertiary alicyclic amines) is 1. The van der Waals surface area contributed by atoms with E-state index in [9.17, 15) is 4.79 Å². The van der Waals surface area contributed by atoms with Gasteiger partial charge in [-0.15, -0.1) is 0 Å². The van der Waals surface area contributed by atoms with E-state index in [4.69, 9.17) is 0 Å². The van der Waals surface area contributed by atoms with E-state index in [2.05, 4.69) is 15.5 Å². The first-order chi connectivity index (χ1) is 7.54. The first kappa shape index (κ1) is 13.5. The molecule has 0 aliphatic carbocycles. The standard InChI is InChI=1S/C12H25N3O/c1-9(2)14-12(16)10(3)15-7-5-6-11(8-15)13-4/h9-11,13H,5-8H2,1-4H3,(H,14,16). The van der Waals surface area contributed by atoms with Crippen molar-refractivity contribution in [3.63, 3.8) is 0 Å². The minimum absolute atomic E-state index is 0.0152. The summed E-state index contributed by atoms with van der Waals surface area (Å²) >= 11 is 0. The summed E-state index contributed by atoms with van der Waals surface area (Å²) in [5, 5.41) is 6.27. The second-order valence-electron chi connectivity index (χ2n) is 4.96. The number of carbonyl (C=O) groups is 1. The van der Waals surface area contributed by atoms with Crippen LogP contribution in [-0.4, -0.2) is 49.1 Å². The van der Waals surface area contributed by atoms with E-state index in [1.165, 1.54) is 12.8 Å². The fraction of sp³-hybridized carbons (Fsp3) is 0.917. The van der Waals surface area contributed by atoms with E-state index >= 15 is 0 Å². The number of hydrogen-bond donors (Lipinski definition) is 2. The highest BCUT2D eigenvalue weighted by Crippen LogP contribution is 2.12. The molecule has 1 fully saturated rings. The summed E-state index contributed by atoms with van der Waals surface area (Å²) in [5.41, 5.74) is 0. The Balaban J connectivity index is 2.46. The molecule has 0 aromatic heterocycles. The van der Waals surface area contributed by atoms with E-state index in [0.29, 0.717) is 6.04 Å². The van der Waals surface area contributed by atoms with Crippen LogP contribution in [0.2, 0.25) is 0 Å². The fourth-order valence-corrected chi connectivity index (χ4v) is 2.16. The first-order valence-corrected chi connectivity index (χ1v) is 6.26. The predicted molar refractivity (Wildman–Crippen MR) is 66.4 cm³/mol. The molecule has 1 rings (SSSR count). The summed E-state index contributed by atoms with van der Waals surface area (Å²) in [6.07, 6.45) is 2.39. The Kier molecular flexibility index (Phi) is 5.22. The fourth-order valence-electron chi connectivity index (χ4n) is 2.16. The van der Waals surface area contributed by atoms with Gasteiger partial charge >= 0.3 is 0 Å². The molecule has 4 heteroatoms. The lowest BCUT2D eigenvalue weighted by atomic mass is 10.0. The minimum Gasteiger partial charge on any atom is -0.353 e. The molecule has 16 heavy (non-hydrogen) atoms. The molecule has 0 spiro atoms. The molecule has 4 nitrogen and oxygen atoms in total. The van der Waals surface area contributed by atoms with Crippen LogP contribution in [0.15, 0.2) is 0 Å². The number of amides is 1. The van der Waals surface area contributed by atoms with Crippen molar-refractivity contribution >= 4 is 5.91 Å². The van der Waals surface area contributed by atoms with Crippen molar-refractivity contribution in [1.29, 1.82) is 0 Å². The molecule has 94 valence electrons. The first-order valence-electron chi connectivity index (χ1n) is 6.26. The van der Waals surface area contributed by atoms with Gasteiger partial charge in [0, 0.05) is 18.6 Å². The molecule has 2 unspecified atom stereocenters. The maximum Gasteiger partial charge on any atom is 0.237 e. The van der Waals surface area contributed by atoms with Gasteiger partial charge in [-0.25, -0.2) is 0 Å². The third-order valence-corrected chi connectivity index (χ3v) is 3.22. The zero-order valence-corrected chi connectivity index (χ0v) is 10.9. The van der Waals surface area contributed by atoms with Crippen LogP contribution in [-0.2, 0) is 4.79 Å². The molecule has 1 amide bonds. The Hall–Kier alpha value is -0.610. The third kappa shape index (κ3) is 3.76. The molecule has 2 atom stereocenters. The number of nitrogens with zero attached hydrogens (tertiary/aromatic N) is 1. The van der Waals surface area contributed by atoms with Gasteiger partial charge < -0.3 is 10.6 Å². The highest BCUT2D eigenvalue weighted by molar-refractivity contribution is 5.81. The molecule has 1 saturated heterocycles. The van der Waals surface area contributed by atoms with Gasteiger partial charge in [0.15, 0.2) is 0 Å². The molecule has 0 radical (unpaired) electrons. The maximum atomic E-state index is 11.9. The van der Waals surface area contributed by atoms with Gasteiger partial charge in [0.1, 0.15) is 0 Å². The van der Waals surface area contributed by atoms with E-state index in [-0.39, 0.29) is 18.0 Å². The minimum atomic E-state index is -0.0152. The van der Waals surface area contributed by atoms with Gasteiger partial charge in [-0.1, -0.05) is 0 Å². The van der Waals surface area contributed by atoms with Crippen molar-refractivity contribution in [3.8, 4) is 0 Å². The van der Waals surface area contributed by atoms with Crippen molar-refractivity contribution in [2.24, 2.45) is 0 Å². The van der Waals surface area contributed by atoms with Crippen LogP contribution in [0, 0.1) is 0 Å². The highest BCUT2D eigenvalue weighted by Gasteiger charge is 2.26. The zero-order valence-electron chi connectivity index (χ0n) is 10.9. The van der Waals surface area contributed by atoms with Crippen molar-refractivity contribution in [1.82, 2.24) is 15.5 Å². The molecular formula is C12H25N3O. The summed E-state index contributed by atoms with van der Waals surface area (Å²) in [4.78, 5) is 14.1. The molecule has 0 saturated carbocycles. The predicted octanol–water partition coefficient (Wildman–Crippen LogP) is 0.583. The van der Waals surface area contributed by atoms with Crippen LogP contribution in [0.5, 0.6) is 0 Å². The zero-order chi connectivity index (χ0) is 12.1.